The zero-order valence-electron chi connectivity index (χ0n) is 19.4. The molecule has 0 radical (unpaired) electrons. The van der Waals surface area contributed by atoms with Crippen molar-refractivity contribution >= 4 is 5.97 Å². The third kappa shape index (κ3) is 3.62. The molecule has 1 spiro atoms. The number of hydrogen-bond acceptors (Lipinski definition) is 5. The van der Waals surface area contributed by atoms with Crippen LogP contribution in [0.25, 0.3) is 0 Å². The molecule has 0 saturated carbocycles. The van der Waals surface area contributed by atoms with Gasteiger partial charge in [0, 0.05) is 28.8 Å². The molecule has 0 N–H and O–H groups in total. The van der Waals surface area contributed by atoms with Gasteiger partial charge >= 0.3 is 5.97 Å². The summed E-state index contributed by atoms with van der Waals surface area (Å²) in [4.78, 5) is 12.9. The fraction of sp³-hybridized carbons (Fsp3) is 0.321. The van der Waals surface area contributed by atoms with Crippen molar-refractivity contribution in [3.63, 3.8) is 0 Å². The van der Waals surface area contributed by atoms with Crippen LogP contribution in [0, 0.1) is 11.8 Å². The number of hydrogen-bond donors (Lipinski definition) is 0. The zero-order valence-corrected chi connectivity index (χ0v) is 19.4. The Labute approximate surface area is 194 Å². The van der Waals surface area contributed by atoms with Crippen molar-refractivity contribution in [1.82, 2.24) is 0 Å². The molecule has 33 heavy (non-hydrogen) atoms. The molecule has 170 valence electrons. The molecular weight excluding hydrogens is 416 g/mol. The van der Waals surface area contributed by atoms with E-state index in [0.717, 1.165) is 16.7 Å². The number of ether oxygens (including phenoxy) is 4. The van der Waals surface area contributed by atoms with E-state index in [1.54, 1.807) is 0 Å². The number of carbonyl (C=O) groups is 1. The summed E-state index contributed by atoms with van der Waals surface area (Å²) in [5.41, 5.74) is 1.86. The third-order valence-corrected chi connectivity index (χ3v) is 5.82. The van der Waals surface area contributed by atoms with Crippen LogP contribution in [-0.4, -0.2) is 19.2 Å². The van der Waals surface area contributed by atoms with Gasteiger partial charge in [-0.1, -0.05) is 45.9 Å². The smallest absolute Gasteiger partial charge is 0.340 e. The van der Waals surface area contributed by atoms with Crippen LogP contribution >= 0.6 is 0 Å². The van der Waals surface area contributed by atoms with Crippen molar-refractivity contribution in [2.75, 3.05) is 13.2 Å². The second-order valence-electron chi connectivity index (χ2n) is 9.44. The standard InChI is InChI=1S/C28H28O5/c1-17(2)15-30-19-9-11-23-25(13-19)32-26-14-20(31-16-18(3)4)10-12-24(26)28(23)22-8-6-5-7-21(22)27(29)33-28/h5-14,17-18H,15-16H2,1-4H3. The molecular formula is C28H28O5. The summed E-state index contributed by atoms with van der Waals surface area (Å²) in [7, 11) is 0. The lowest BCUT2D eigenvalue weighted by Gasteiger charge is -2.36. The van der Waals surface area contributed by atoms with Crippen molar-refractivity contribution in [3.8, 4) is 23.0 Å². The zero-order chi connectivity index (χ0) is 23.2. The van der Waals surface area contributed by atoms with Crippen LogP contribution in [0.2, 0.25) is 0 Å². The van der Waals surface area contributed by atoms with Gasteiger partial charge in [0.25, 0.3) is 0 Å². The molecule has 0 amide bonds. The lowest BCUT2D eigenvalue weighted by Crippen LogP contribution is -2.33. The number of fused-ring (bicyclic) bond motifs is 6. The van der Waals surface area contributed by atoms with E-state index in [9.17, 15) is 4.79 Å². The summed E-state index contributed by atoms with van der Waals surface area (Å²) in [6, 6.07) is 19.0. The van der Waals surface area contributed by atoms with E-state index in [4.69, 9.17) is 18.9 Å². The summed E-state index contributed by atoms with van der Waals surface area (Å²) in [6.45, 7) is 9.63. The predicted molar refractivity (Wildman–Crippen MR) is 125 cm³/mol. The van der Waals surface area contributed by atoms with Crippen molar-refractivity contribution in [3.05, 3.63) is 82.9 Å². The SMILES string of the molecule is CC(C)COc1ccc2c(c1)Oc1cc(OCC(C)C)ccc1C21OC(=O)c2ccccc21. The Bertz CT molecular complexity index is 1150. The predicted octanol–water partition coefficient (Wildman–Crippen LogP) is 6.32. The summed E-state index contributed by atoms with van der Waals surface area (Å²) >= 11 is 0. The van der Waals surface area contributed by atoms with Crippen LogP contribution in [0.1, 0.15) is 54.7 Å². The Kier molecular flexibility index (Phi) is 5.28. The molecule has 0 saturated heterocycles. The third-order valence-electron chi connectivity index (χ3n) is 5.82. The molecule has 0 unspecified atom stereocenters. The molecule has 2 heterocycles. The van der Waals surface area contributed by atoms with E-state index in [-0.39, 0.29) is 5.97 Å². The summed E-state index contributed by atoms with van der Waals surface area (Å²) in [5, 5.41) is 0. The molecule has 5 nitrogen and oxygen atoms in total. The highest BCUT2D eigenvalue weighted by Crippen LogP contribution is 2.57. The average molecular weight is 445 g/mol. The molecule has 0 aliphatic carbocycles. The number of esters is 1. The minimum atomic E-state index is -1.08. The Morgan fingerprint density at radius 2 is 1.30 bits per heavy atom. The van der Waals surface area contributed by atoms with Gasteiger partial charge in [-0.05, 0) is 42.2 Å². The van der Waals surface area contributed by atoms with Crippen LogP contribution in [-0.2, 0) is 10.3 Å². The molecule has 2 aliphatic heterocycles. The minimum Gasteiger partial charge on any atom is -0.493 e. The van der Waals surface area contributed by atoms with Crippen LogP contribution in [0.4, 0.5) is 0 Å². The maximum Gasteiger partial charge on any atom is 0.340 e. The minimum absolute atomic E-state index is 0.343. The number of rotatable bonds is 6. The first-order valence-electron chi connectivity index (χ1n) is 11.4. The molecule has 3 aromatic carbocycles. The lowest BCUT2D eigenvalue weighted by atomic mass is 9.77. The first kappa shape index (κ1) is 21.4. The molecule has 0 fully saturated rings. The van der Waals surface area contributed by atoms with E-state index < -0.39 is 5.60 Å². The second-order valence-corrected chi connectivity index (χ2v) is 9.44. The monoisotopic (exact) mass is 444 g/mol. The van der Waals surface area contributed by atoms with E-state index in [2.05, 4.69) is 27.7 Å². The Balaban J connectivity index is 1.66. The summed E-state index contributed by atoms with van der Waals surface area (Å²) in [5.74, 6) is 3.10. The van der Waals surface area contributed by atoms with Gasteiger partial charge in [0.05, 0.1) is 18.8 Å². The lowest BCUT2D eigenvalue weighted by molar-refractivity contribution is 0.0224. The van der Waals surface area contributed by atoms with Crippen LogP contribution < -0.4 is 14.2 Å². The summed E-state index contributed by atoms with van der Waals surface area (Å²) < 4.78 is 24.4. The van der Waals surface area contributed by atoms with Gasteiger partial charge in [-0.3, -0.25) is 0 Å². The fourth-order valence-electron chi connectivity index (χ4n) is 4.34. The highest BCUT2D eigenvalue weighted by Gasteiger charge is 2.53. The normalized spacial score (nSPS) is 15.0. The maximum absolute atomic E-state index is 12.9. The second kappa shape index (κ2) is 8.14. The molecule has 0 atom stereocenters. The first-order chi connectivity index (χ1) is 15.9. The van der Waals surface area contributed by atoms with Gasteiger partial charge in [0.15, 0.2) is 5.60 Å². The van der Waals surface area contributed by atoms with Crippen molar-refractivity contribution in [2.45, 2.75) is 33.3 Å². The van der Waals surface area contributed by atoms with Gasteiger partial charge in [-0.2, -0.15) is 0 Å². The van der Waals surface area contributed by atoms with Gasteiger partial charge in [0.2, 0.25) is 0 Å². The van der Waals surface area contributed by atoms with Crippen LogP contribution in [0.15, 0.2) is 60.7 Å². The Morgan fingerprint density at radius 1 is 0.758 bits per heavy atom. The van der Waals surface area contributed by atoms with Gasteiger partial charge < -0.3 is 18.9 Å². The maximum atomic E-state index is 12.9. The van der Waals surface area contributed by atoms with Crippen molar-refractivity contribution in [1.29, 1.82) is 0 Å². The molecule has 5 rings (SSSR count). The molecule has 2 aliphatic rings. The first-order valence-corrected chi connectivity index (χ1v) is 11.4. The van der Waals surface area contributed by atoms with E-state index in [1.807, 2.05) is 60.7 Å². The number of benzene rings is 3. The van der Waals surface area contributed by atoms with Crippen molar-refractivity contribution in [2.24, 2.45) is 11.8 Å². The highest BCUT2D eigenvalue weighted by atomic mass is 16.6. The number of carbonyl (C=O) groups excluding carboxylic acids is 1. The van der Waals surface area contributed by atoms with E-state index in [0.29, 0.717) is 53.6 Å². The molecule has 0 bridgehead atoms. The summed E-state index contributed by atoms with van der Waals surface area (Å²) in [6.07, 6.45) is 0. The van der Waals surface area contributed by atoms with Gasteiger partial charge in [-0.25, -0.2) is 4.79 Å². The Hall–Kier alpha value is -3.47. The van der Waals surface area contributed by atoms with Crippen LogP contribution in [0.3, 0.4) is 0 Å². The Morgan fingerprint density at radius 3 is 1.85 bits per heavy atom. The van der Waals surface area contributed by atoms with Gasteiger partial charge in [-0.15, -0.1) is 0 Å². The topological polar surface area (TPSA) is 54.0 Å². The van der Waals surface area contributed by atoms with Crippen molar-refractivity contribution < 1.29 is 23.7 Å². The van der Waals surface area contributed by atoms with Crippen LogP contribution in [0.5, 0.6) is 23.0 Å². The highest BCUT2D eigenvalue weighted by molar-refractivity contribution is 5.97. The molecule has 0 aromatic heterocycles. The van der Waals surface area contributed by atoms with E-state index >= 15 is 0 Å². The largest absolute Gasteiger partial charge is 0.493 e. The van der Waals surface area contributed by atoms with E-state index in [1.165, 1.54) is 0 Å². The quantitative estimate of drug-likeness (QED) is 0.416. The molecule has 3 aromatic rings. The average Bonchev–Trinajstić information content (AvgIpc) is 3.09. The molecule has 5 heteroatoms. The van der Waals surface area contributed by atoms with Gasteiger partial charge in [0.1, 0.15) is 23.0 Å². The fourth-order valence-corrected chi connectivity index (χ4v) is 4.34.